The van der Waals surface area contributed by atoms with Gasteiger partial charge in [-0.25, -0.2) is 0 Å². The van der Waals surface area contributed by atoms with Gasteiger partial charge in [0.25, 0.3) is 0 Å². The van der Waals surface area contributed by atoms with Crippen molar-refractivity contribution in [3.63, 3.8) is 0 Å². The number of rotatable bonds is 10. The molecule has 0 bridgehead atoms. The average Bonchev–Trinajstić information content (AvgIpc) is 4.14. The van der Waals surface area contributed by atoms with Gasteiger partial charge in [0.15, 0.2) is 0 Å². The fourth-order valence-corrected chi connectivity index (χ4v) is 13.9. The Morgan fingerprint density at radius 1 is 0.382 bits per heavy atom. The van der Waals surface area contributed by atoms with Gasteiger partial charge in [-0.3, -0.25) is 0 Å². The number of hydrogen-bond donors (Lipinski definition) is 0. The van der Waals surface area contributed by atoms with Crippen molar-refractivity contribution in [3.8, 4) is 22.3 Å². The van der Waals surface area contributed by atoms with E-state index < -0.39 is 10.8 Å². The van der Waals surface area contributed by atoms with Crippen molar-refractivity contribution in [2.75, 3.05) is 4.90 Å². The van der Waals surface area contributed by atoms with Crippen LogP contribution in [0.15, 0.2) is 303 Å². The molecule has 1 nitrogen and oxygen atoms in total. The molecule has 14 rings (SSSR count). The maximum atomic E-state index is 2.56. The molecule has 1 heteroatoms. The number of anilines is 2. The Hall–Kier alpha value is -9.04. The summed E-state index contributed by atoms with van der Waals surface area (Å²) in [6, 6.07) is 104. The van der Waals surface area contributed by atoms with Gasteiger partial charge >= 0.3 is 0 Å². The summed E-state index contributed by atoms with van der Waals surface area (Å²) in [6.45, 7) is 4.85. The number of hydrogen-bond acceptors (Lipinski definition) is 1. The first kappa shape index (κ1) is 45.6. The number of allylic oxidation sites excluding steroid dienone is 3. The van der Waals surface area contributed by atoms with Crippen molar-refractivity contribution in [1.29, 1.82) is 0 Å². The van der Waals surface area contributed by atoms with Gasteiger partial charge in [0.2, 0.25) is 0 Å². The second-order valence-corrected chi connectivity index (χ2v) is 21.6. The Labute approximate surface area is 447 Å². The molecule has 0 spiro atoms. The molecule has 0 fully saturated rings. The molecule has 0 aromatic heterocycles. The molecule has 3 aliphatic carbocycles. The predicted octanol–water partition coefficient (Wildman–Crippen LogP) is 18.5. The lowest BCUT2D eigenvalue weighted by Gasteiger charge is -2.39. The zero-order valence-electron chi connectivity index (χ0n) is 42.9. The van der Waals surface area contributed by atoms with E-state index in [1.54, 1.807) is 0 Å². The van der Waals surface area contributed by atoms with Crippen LogP contribution in [0.25, 0.3) is 33.0 Å². The van der Waals surface area contributed by atoms with Crippen molar-refractivity contribution in [2.45, 2.75) is 36.0 Å². The molecule has 0 aliphatic heterocycles. The molecule has 2 atom stereocenters. The highest BCUT2D eigenvalue weighted by Gasteiger charge is 2.49. The van der Waals surface area contributed by atoms with Gasteiger partial charge < -0.3 is 4.90 Å². The molecule has 0 saturated carbocycles. The molecule has 11 aromatic rings. The number of nitrogens with zero attached hydrogens (tertiary/aromatic N) is 1. The van der Waals surface area contributed by atoms with Crippen LogP contribution in [-0.4, -0.2) is 0 Å². The molecular weight excluding hydrogens is 915 g/mol. The van der Waals surface area contributed by atoms with Gasteiger partial charge in [0.1, 0.15) is 0 Å². The molecule has 11 aromatic carbocycles. The lowest BCUT2D eigenvalue weighted by molar-refractivity contribution is 0.392. The van der Waals surface area contributed by atoms with Crippen LogP contribution in [0.3, 0.4) is 0 Å². The summed E-state index contributed by atoms with van der Waals surface area (Å²) in [5.74, 6) is 0.631. The van der Waals surface area contributed by atoms with E-state index >= 15 is 0 Å². The van der Waals surface area contributed by atoms with E-state index in [2.05, 4.69) is 316 Å². The minimum atomic E-state index is -0.701. The average molecular weight is 972 g/mol. The Bertz CT molecular complexity index is 3920. The third kappa shape index (κ3) is 6.99. The SMILES string of the molecule is CC1(C)c2ccccc2C2C=CC(N(c3ccc(-c4ccc5ccccc5c4)cc3)c3ccc(C(c4ccccc4)(c4ccccc4)c4ccc5c(c4)C(c4ccccc4)(c4ccccc4)c4ccccc4-5)cc3)=CC21. The van der Waals surface area contributed by atoms with Crippen LogP contribution in [-0.2, 0) is 16.2 Å². The molecule has 76 heavy (non-hydrogen) atoms. The van der Waals surface area contributed by atoms with Crippen LogP contribution >= 0.6 is 0 Å². The van der Waals surface area contributed by atoms with Crippen molar-refractivity contribution in [1.82, 2.24) is 0 Å². The minimum Gasteiger partial charge on any atom is -0.311 e. The van der Waals surface area contributed by atoms with E-state index in [1.807, 2.05) is 0 Å². The maximum absolute atomic E-state index is 2.56. The van der Waals surface area contributed by atoms with Crippen LogP contribution < -0.4 is 4.90 Å². The molecular formula is C75H57N. The van der Waals surface area contributed by atoms with Crippen LogP contribution in [0.2, 0.25) is 0 Å². The van der Waals surface area contributed by atoms with Crippen LogP contribution in [0.5, 0.6) is 0 Å². The third-order valence-corrected chi connectivity index (χ3v) is 17.4. The standard InChI is InChI=1S/C75H57N/c1-73(2)69-33-19-17-31-65(69)67-48-46-64(51-71(67)73)76(62-42-37-53(38-43-62)55-36-35-52-21-15-16-22-54(52)49-55)63-44-39-60(40-45-63)74(56-23-7-3-8-24-56,57-25-9-4-10-26-57)61-41-47-68-66-32-18-20-34-70(66)75(72(68)50-61,58-27-11-5-12-28-58)59-29-13-6-14-30-59/h3-51,67,71H,1-2H3. The molecule has 0 amide bonds. The normalized spacial score (nSPS) is 16.5. The van der Waals surface area contributed by atoms with E-state index in [9.17, 15) is 0 Å². The summed E-state index contributed by atoms with van der Waals surface area (Å²) >= 11 is 0. The van der Waals surface area contributed by atoms with E-state index in [0.717, 1.165) is 11.4 Å². The second-order valence-electron chi connectivity index (χ2n) is 21.6. The molecule has 0 saturated heterocycles. The van der Waals surface area contributed by atoms with Gasteiger partial charge in [-0.15, -0.1) is 0 Å². The quantitative estimate of drug-likeness (QED) is 0.123. The summed E-state index contributed by atoms with van der Waals surface area (Å²) in [6.07, 6.45) is 7.39. The molecule has 0 radical (unpaired) electrons. The first-order chi connectivity index (χ1) is 37.4. The summed E-state index contributed by atoms with van der Waals surface area (Å²) in [5.41, 5.74) is 19.9. The Morgan fingerprint density at radius 2 is 0.882 bits per heavy atom. The van der Waals surface area contributed by atoms with Crippen molar-refractivity contribution >= 4 is 22.1 Å². The summed E-state index contributed by atoms with van der Waals surface area (Å²) in [7, 11) is 0. The largest absolute Gasteiger partial charge is 0.311 e. The number of benzene rings is 11. The van der Waals surface area contributed by atoms with Gasteiger partial charge in [0, 0.05) is 23.0 Å². The van der Waals surface area contributed by atoms with Crippen LogP contribution in [0.1, 0.15) is 75.4 Å². The zero-order chi connectivity index (χ0) is 50.8. The van der Waals surface area contributed by atoms with Gasteiger partial charge in [-0.1, -0.05) is 275 Å². The van der Waals surface area contributed by atoms with E-state index in [-0.39, 0.29) is 5.41 Å². The first-order valence-corrected chi connectivity index (χ1v) is 26.9. The molecule has 3 aliphatic rings. The van der Waals surface area contributed by atoms with E-state index in [0.29, 0.717) is 11.8 Å². The highest BCUT2D eigenvalue weighted by molar-refractivity contribution is 5.89. The summed E-state index contributed by atoms with van der Waals surface area (Å²) in [4.78, 5) is 2.48. The van der Waals surface area contributed by atoms with Gasteiger partial charge in [-0.2, -0.15) is 0 Å². The smallest absolute Gasteiger partial charge is 0.0713 e. The first-order valence-electron chi connectivity index (χ1n) is 26.9. The molecule has 2 unspecified atom stereocenters. The predicted molar refractivity (Wildman–Crippen MR) is 317 cm³/mol. The zero-order valence-corrected chi connectivity index (χ0v) is 42.9. The number of fused-ring (bicyclic) bond motifs is 7. The van der Waals surface area contributed by atoms with Gasteiger partial charge in [0.05, 0.1) is 10.8 Å². The van der Waals surface area contributed by atoms with Crippen molar-refractivity contribution in [3.05, 3.63) is 359 Å². The minimum absolute atomic E-state index is 0.0342. The Balaban J connectivity index is 0.959. The van der Waals surface area contributed by atoms with Crippen molar-refractivity contribution < 1.29 is 0 Å². The molecule has 362 valence electrons. The molecule has 0 heterocycles. The van der Waals surface area contributed by atoms with E-state index in [1.165, 1.54) is 94.4 Å². The second kappa shape index (κ2) is 18.1. The van der Waals surface area contributed by atoms with Gasteiger partial charge in [-0.05, 0) is 136 Å². The highest BCUT2D eigenvalue weighted by Crippen LogP contribution is 2.59. The van der Waals surface area contributed by atoms with Crippen LogP contribution in [0.4, 0.5) is 11.4 Å². The highest BCUT2D eigenvalue weighted by atomic mass is 15.1. The Kier molecular flexibility index (Phi) is 10.9. The summed E-state index contributed by atoms with van der Waals surface area (Å²) < 4.78 is 0. The maximum Gasteiger partial charge on any atom is 0.0713 e. The van der Waals surface area contributed by atoms with Crippen molar-refractivity contribution in [2.24, 2.45) is 5.92 Å². The van der Waals surface area contributed by atoms with Crippen LogP contribution in [0, 0.1) is 5.92 Å². The van der Waals surface area contributed by atoms with E-state index in [4.69, 9.17) is 0 Å². The Morgan fingerprint density at radius 3 is 1.54 bits per heavy atom. The lowest BCUT2D eigenvalue weighted by atomic mass is 9.63. The molecule has 0 N–H and O–H groups in total. The lowest BCUT2D eigenvalue weighted by Crippen LogP contribution is -2.33. The topological polar surface area (TPSA) is 3.24 Å². The fourth-order valence-electron chi connectivity index (χ4n) is 13.9. The monoisotopic (exact) mass is 971 g/mol. The summed E-state index contributed by atoms with van der Waals surface area (Å²) in [5, 5.41) is 2.50. The fraction of sp³-hybridized carbons (Fsp3) is 0.0933. The third-order valence-electron chi connectivity index (χ3n) is 17.4.